The Morgan fingerprint density at radius 2 is 2.18 bits per heavy atom. The van der Waals surface area contributed by atoms with Crippen LogP contribution in [0.3, 0.4) is 0 Å². The first-order valence-corrected chi connectivity index (χ1v) is 6.36. The lowest BCUT2D eigenvalue weighted by Crippen LogP contribution is -2.35. The smallest absolute Gasteiger partial charge is 0.127 e. The Bertz CT molecular complexity index is 354. The fourth-order valence-corrected chi connectivity index (χ4v) is 2.58. The molecule has 0 bridgehead atoms. The standard InChI is InChI=1S/C14H20FNO/c15-14-6-2-1-5-13(14)11-16-8-3-4-12(10-16)7-9-17/h1-2,5-6,12,17H,3-4,7-11H2. The molecule has 2 nitrogen and oxygen atoms in total. The highest BCUT2D eigenvalue weighted by Crippen LogP contribution is 2.21. The molecule has 3 heteroatoms. The number of benzene rings is 1. The molecule has 1 heterocycles. The van der Waals surface area contributed by atoms with E-state index in [4.69, 9.17) is 5.11 Å². The molecule has 1 unspecified atom stereocenters. The summed E-state index contributed by atoms with van der Waals surface area (Å²) >= 11 is 0. The van der Waals surface area contributed by atoms with Gasteiger partial charge >= 0.3 is 0 Å². The minimum Gasteiger partial charge on any atom is -0.396 e. The van der Waals surface area contributed by atoms with Gasteiger partial charge in [-0.15, -0.1) is 0 Å². The van der Waals surface area contributed by atoms with Crippen molar-refractivity contribution in [2.75, 3.05) is 19.7 Å². The van der Waals surface area contributed by atoms with Crippen LogP contribution in [-0.2, 0) is 6.54 Å². The number of piperidine rings is 1. The van der Waals surface area contributed by atoms with Crippen LogP contribution in [0.2, 0.25) is 0 Å². The van der Waals surface area contributed by atoms with Crippen molar-refractivity contribution in [2.24, 2.45) is 5.92 Å². The second-order valence-corrected chi connectivity index (χ2v) is 4.85. The molecule has 1 atom stereocenters. The van der Waals surface area contributed by atoms with Gasteiger partial charge < -0.3 is 5.11 Å². The molecule has 0 aliphatic carbocycles. The summed E-state index contributed by atoms with van der Waals surface area (Å²) in [5.74, 6) is 0.456. The first-order chi connectivity index (χ1) is 8.29. The van der Waals surface area contributed by atoms with Crippen LogP contribution in [0.5, 0.6) is 0 Å². The summed E-state index contributed by atoms with van der Waals surface area (Å²) in [6.07, 6.45) is 3.21. The van der Waals surface area contributed by atoms with E-state index >= 15 is 0 Å². The van der Waals surface area contributed by atoms with E-state index in [1.807, 2.05) is 12.1 Å². The molecule has 1 aromatic rings. The highest BCUT2D eigenvalue weighted by Gasteiger charge is 2.20. The largest absolute Gasteiger partial charge is 0.396 e. The minimum atomic E-state index is -0.114. The van der Waals surface area contributed by atoms with Gasteiger partial charge in [0.05, 0.1) is 0 Å². The lowest BCUT2D eigenvalue weighted by Gasteiger charge is -2.32. The van der Waals surface area contributed by atoms with Crippen LogP contribution in [0.1, 0.15) is 24.8 Å². The van der Waals surface area contributed by atoms with Gasteiger partial charge in [0, 0.05) is 25.3 Å². The summed E-state index contributed by atoms with van der Waals surface area (Å²) in [7, 11) is 0. The van der Waals surface area contributed by atoms with Crippen LogP contribution < -0.4 is 0 Å². The van der Waals surface area contributed by atoms with Crippen molar-refractivity contribution >= 4 is 0 Å². The molecule has 1 saturated heterocycles. The molecule has 94 valence electrons. The van der Waals surface area contributed by atoms with Crippen LogP contribution >= 0.6 is 0 Å². The van der Waals surface area contributed by atoms with E-state index in [0.29, 0.717) is 12.5 Å². The second-order valence-electron chi connectivity index (χ2n) is 4.85. The summed E-state index contributed by atoms with van der Waals surface area (Å²) < 4.78 is 13.5. The molecule has 1 aliphatic rings. The highest BCUT2D eigenvalue weighted by atomic mass is 19.1. The molecule has 1 fully saturated rings. The molecule has 17 heavy (non-hydrogen) atoms. The van der Waals surface area contributed by atoms with Crippen LogP contribution in [0, 0.1) is 11.7 Å². The Balaban J connectivity index is 1.92. The second kappa shape index (κ2) is 6.12. The fourth-order valence-electron chi connectivity index (χ4n) is 2.58. The Morgan fingerprint density at radius 3 is 2.94 bits per heavy atom. The summed E-state index contributed by atoms with van der Waals surface area (Å²) in [6, 6.07) is 6.98. The number of aliphatic hydroxyl groups excluding tert-OH is 1. The Labute approximate surface area is 102 Å². The van der Waals surface area contributed by atoms with E-state index in [9.17, 15) is 4.39 Å². The van der Waals surface area contributed by atoms with Crippen molar-refractivity contribution < 1.29 is 9.50 Å². The summed E-state index contributed by atoms with van der Waals surface area (Å²) in [6.45, 7) is 2.97. The molecule has 0 saturated carbocycles. The predicted molar refractivity (Wildman–Crippen MR) is 66.1 cm³/mol. The average Bonchev–Trinajstić information content (AvgIpc) is 2.33. The van der Waals surface area contributed by atoms with Gasteiger partial charge in [0.25, 0.3) is 0 Å². The van der Waals surface area contributed by atoms with Gasteiger partial charge in [0.1, 0.15) is 5.82 Å². The molecular formula is C14H20FNO. The third-order valence-corrected chi connectivity index (χ3v) is 3.49. The Morgan fingerprint density at radius 1 is 1.35 bits per heavy atom. The summed E-state index contributed by atoms with van der Waals surface area (Å²) in [5, 5.41) is 8.96. The van der Waals surface area contributed by atoms with E-state index in [-0.39, 0.29) is 12.4 Å². The highest BCUT2D eigenvalue weighted by molar-refractivity contribution is 5.17. The molecule has 1 aliphatic heterocycles. The van der Waals surface area contributed by atoms with Crippen molar-refractivity contribution in [3.63, 3.8) is 0 Å². The zero-order chi connectivity index (χ0) is 12.1. The maximum atomic E-state index is 13.5. The van der Waals surface area contributed by atoms with E-state index in [0.717, 1.165) is 31.5 Å². The van der Waals surface area contributed by atoms with Crippen molar-refractivity contribution in [1.29, 1.82) is 0 Å². The van der Waals surface area contributed by atoms with Gasteiger partial charge in [-0.3, -0.25) is 4.90 Å². The topological polar surface area (TPSA) is 23.5 Å². The first-order valence-electron chi connectivity index (χ1n) is 6.36. The van der Waals surface area contributed by atoms with E-state index in [1.54, 1.807) is 6.07 Å². The van der Waals surface area contributed by atoms with Crippen LogP contribution in [-0.4, -0.2) is 29.7 Å². The number of aliphatic hydroxyl groups is 1. The zero-order valence-corrected chi connectivity index (χ0v) is 10.1. The molecule has 0 spiro atoms. The number of rotatable bonds is 4. The predicted octanol–water partition coefficient (Wildman–Crippen LogP) is 2.42. The maximum Gasteiger partial charge on any atom is 0.127 e. The van der Waals surface area contributed by atoms with Gasteiger partial charge in [-0.2, -0.15) is 0 Å². The summed E-state index contributed by atoms with van der Waals surface area (Å²) in [5.41, 5.74) is 0.775. The molecule has 0 aromatic heterocycles. The third-order valence-electron chi connectivity index (χ3n) is 3.49. The fraction of sp³-hybridized carbons (Fsp3) is 0.571. The van der Waals surface area contributed by atoms with Crippen LogP contribution in [0.4, 0.5) is 4.39 Å². The van der Waals surface area contributed by atoms with Gasteiger partial charge in [-0.05, 0) is 37.8 Å². The minimum absolute atomic E-state index is 0.114. The van der Waals surface area contributed by atoms with Gasteiger partial charge in [-0.1, -0.05) is 18.2 Å². The van der Waals surface area contributed by atoms with E-state index in [2.05, 4.69) is 4.90 Å². The number of hydrogen-bond donors (Lipinski definition) is 1. The van der Waals surface area contributed by atoms with Crippen molar-refractivity contribution in [3.8, 4) is 0 Å². The Kier molecular flexibility index (Phi) is 4.51. The molecule has 0 radical (unpaired) electrons. The van der Waals surface area contributed by atoms with Gasteiger partial charge in [-0.25, -0.2) is 4.39 Å². The zero-order valence-electron chi connectivity index (χ0n) is 10.1. The normalized spacial score (nSPS) is 21.6. The number of halogens is 1. The van der Waals surface area contributed by atoms with Crippen LogP contribution in [0.15, 0.2) is 24.3 Å². The quantitative estimate of drug-likeness (QED) is 0.869. The molecule has 0 amide bonds. The molecule has 2 rings (SSSR count). The summed E-state index contributed by atoms with van der Waals surface area (Å²) in [4.78, 5) is 2.29. The van der Waals surface area contributed by atoms with Gasteiger partial charge in [0.15, 0.2) is 0 Å². The number of likely N-dealkylation sites (tertiary alicyclic amines) is 1. The third kappa shape index (κ3) is 3.51. The van der Waals surface area contributed by atoms with Crippen molar-refractivity contribution in [2.45, 2.75) is 25.8 Å². The first kappa shape index (κ1) is 12.5. The SMILES string of the molecule is OCCC1CCCN(Cc2ccccc2F)C1. The molecular weight excluding hydrogens is 217 g/mol. The van der Waals surface area contributed by atoms with Crippen molar-refractivity contribution in [1.82, 2.24) is 4.90 Å². The van der Waals surface area contributed by atoms with Gasteiger partial charge in [0.2, 0.25) is 0 Å². The van der Waals surface area contributed by atoms with E-state index < -0.39 is 0 Å². The lowest BCUT2D eigenvalue weighted by molar-refractivity contribution is 0.141. The molecule has 1 aromatic carbocycles. The van der Waals surface area contributed by atoms with E-state index in [1.165, 1.54) is 12.5 Å². The number of nitrogens with zero attached hydrogens (tertiary/aromatic N) is 1. The van der Waals surface area contributed by atoms with Crippen molar-refractivity contribution in [3.05, 3.63) is 35.6 Å². The Hall–Kier alpha value is -0.930. The lowest BCUT2D eigenvalue weighted by atomic mass is 9.95. The average molecular weight is 237 g/mol. The monoisotopic (exact) mass is 237 g/mol. The molecule has 1 N–H and O–H groups in total. The van der Waals surface area contributed by atoms with Crippen LogP contribution in [0.25, 0.3) is 0 Å². The number of hydrogen-bond acceptors (Lipinski definition) is 2. The maximum absolute atomic E-state index is 13.5.